The maximum Gasteiger partial charge on any atom is 0.321 e. The number of carbonyl (C=O) groups is 2. The van der Waals surface area contributed by atoms with Crippen LogP contribution in [-0.2, 0) is 4.79 Å². The lowest BCUT2D eigenvalue weighted by Crippen LogP contribution is -2.47. The number of urea groups is 1. The molecule has 0 bridgehead atoms. The third-order valence-corrected chi connectivity index (χ3v) is 4.45. The van der Waals surface area contributed by atoms with Crippen LogP contribution in [0.25, 0.3) is 0 Å². The van der Waals surface area contributed by atoms with Gasteiger partial charge in [-0.1, -0.05) is 36.4 Å². The molecule has 0 saturated carbocycles. The summed E-state index contributed by atoms with van der Waals surface area (Å²) in [5.41, 5.74) is 1.21. The summed E-state index contributed by atoms with van der Waals surface area (Å²) in [6.45, 7) is 4.91. The van der Waals surface area contributed by atoms with E-state index in [1.807, 2.05) is 30.0 Å². The van der Waals surface area contributed by atoms with Gasteiger partial charge in [0.1, 0.15) is 0 Å². The first-order valence-corrected chi connectivity index (χ1v) is 8.41. The van der Waals surface area contributed by atoms with Crippen LogP contribution in [0.1, 0.15) is 11.6 Å². The lowest BCUT2D eigenvalue weighted by Gasteiger charge is -2.35. The van der Waals surface area contributed by atoms with Gasteiger partial charge in [0.05, 0.1) is 6.54 Å². The van der Waals surface area contributed by atoms with Crippen molar-refractivity contribution < 1.29 is 9.59 Å². The lowest BCUT2D eigenvalue weighted by molar-refractivity contribution is -0.121. The van der Waals surface area contributed by atoms with E-state index in [-0.39, 0.29) is 18.5 Å². The van der Waals surface area contributed by atoms with Gasteiger partial charge in [-0.05, 0) is 5.56 Å². The van der Waals surface area contributed by atoms with E-state index in [0.717, 1.165) is 18.1 Å². The van der Waals surface area contributed by atoms with Crippen LogP contribution < -0.4 is 10.6 Å². The number of imide groups is 1. The van der Waals surface area contributed by atoms with Gasteiger partial charge in [0, 0.05) is 30.6 Å². The molecule has 0 aromatic heterocycles. The van der Waals surface area contributed by atoms with Crippen LogP contribution in [0.15, 0.2) is 43.0 Å². The van der Waals surface area contributed by atoms with E-state index in [4.69, 9.17) is 0 Å². The molecule has 5 nitrogen and oxygen atoms in total. The Morgan fingerprint density at radius 3 is 2.86 bits per heavy atom. The SMILES string of the molecule is C=CCNC(=O)NC(=O)CN1CCSC[C@H]1c1ccccc1. The summed E-state index contributed by atoms with van der Waals surface area (Å²) in [6.07, 6.45) is 1.57. The highest BCUT2D eigenvalue weighted by Gasteiger charge is 2.26. The first kappa shape index (κ1) is 16.6. The number of carbonyl (C=O) groups excluding carboxylic acids is 2. The van der Waals surface area contributed by atoms with Crippen molar-refractivity contribution in [3.05, 3.63) is 48.6 Å². The highest BCUT2D eigenvalue weighted by molar-refractivity contribution is 7.99. The molecular weight excluding hydrogens is 298 g/mol. The van der Waals surface area contributed by atoms with Crippen LogP contribution in [0.4, 0.5) is 4.79 Å². The molecule has 1 fully saturated rings. The molecule has 6 heteroatoms. The predicted molar refractivity (Wildman–Crippen MR) is 89.8 cm³/mol. The Bertz CT molecular complexity index is 521. The van der Waals surface area contributed by atoms with Crippen molar-refractivity contribution in [3.63, 3.8) is 0 Å². The highest BCUT2D eigenvalue weighted by atomic mass is 32.2. The number of nitrogens with one attached hydrogen (secondary N) is 2. The molecule has 0 unspecified atom stereocenters. The maximum absolute atomic E-state index is 12.0. The second-order valence-corrected chi connectivity index (χ2v) is 6.17. The fourth-order valence-corrected chi connectivity index (χ4v) is 3.53. The molecule has 0 radical (unpaired) electrons. The Kier molecular flexibility index (Phi) is 6.48. The van der Waals surface area contributed by atoms with Crippen LogP contribution in [-0.4, -0.2) is 48.0 Å². The molecule has 2 rings (SSSR count). The molecular formula is C16H21N3O2S. The number of hydrogen-bond acceptors (Lipinski definition) is 4. The van der Waals surface area contributed by atoms with E-state index >= 15 is 0 Å². The summed E-state index contributed by atoms with van der Waals surface area (Å²) >= 11 is 1.89. The highest BCUT2D eigenvalue weighted by Crippen LogP contribution is 2.28. The van der Waals surface area contributed by atoms with Crippen molar-refractivity contribution in [2.24, 2.45) is 0 Å². The van der Waals surface area contributed by atoms with Crippen LogP contribution >= 0.6 is 11.8 Å². The number of hydrogen-bond donors (Lipinski definition) is 2. The van der Waals surface area contributed by atoms with Crippen molar-refractivity contribution in [1.82, 2.24) is 15.5 Å². The Balaban J connectivity index is 1.92. The maximum atomic E-state index is 12.0. The molecule has 1 aromatic carbocycles. The van der Waals surface area contributed by atoms with Gasteiger partial charge in [0.25, 0.3) is 0 Å². The summed E-state index contributed by atoms with van der Waals surface area (Å²) < 4.78 is 0. The minimum absolute atomic E-state index is 0.210. The van der Waals surface area contributed by atoms with Gasteiger partial charge < -0.3 is 5.32 Å². The van der Waals surface area contributed by atoms with Crippen molar-refractivity contribution in [2.45, 2.75) is 6.04 Å². The Morgan fingerprint density at radius 1 is 1.36 bits per heavy atom. The van der Waals surface area contributed by atoms with Gasteiger partial charge in [-0.3, -0.25) is 15.0 Å². The number of benzene rings is 1. The van der Waals surface area contributed by atoms with E-state index in [0.29, 0.717) is 6.54 Å². The molecule has 1 heterocycles. The molecule has 3 amide bonds. The van der Waals surface area contributed by atoms with E-state index in [1.165, 1.54) is 5.56 Å². The third-order valence-electron chi connectivity index (χ3n) is 3.43. The number of thioether (sulfide) groups is 1. The summed E-state index contributed by atoms with van der Waals surface area (Å²) in [5, 5.41) is 4.88. The van der Waals surface area contributed by atoms with Gasteiger partial charge in [-0.15, -0.1) is 6.58 Å². The fourth-order valence-electron chi connectivity index (χ4n) is 2.37. The van der Waals surface area contributed by atoms with Crippen LogP contribution in [0.5, 0.6) is 0 Å². The quantitative estimate of drug-likeness (QED) is 0.812. The lowest BCUT2D eigenvalue weighted by atomic mass is 10.1. The molecule has 118 valence electrons. The van der Waals surface area contributed by atoms with Gasteiger partial charge >= 0.3 is 6.03 Å². The van der Waals surface area contributed by atoms with E-state index in [1.54, 1.807) is 6.08 Å². The van der Waals surface area contributed by atoms with Gasteiger partial charge in [-0.2, -0.15) is 11.8 Å². The van der Waals surface area contributed by atoms with Crippen LogP contribution in [0, 0.1) is 0 Å². The summed E-state index contributed by atoms with van der Waals surface area (Å²) in [6, 6.07) is 9.90. The van der Waals surface area contributed by atoms with Crippen LogP contribution in [0.3, 0.4) is 0 Å². The molecule has 0 spiro atoms. The standard InChI is InChI=1S/C16H21N3O2S/c1-2-8-17-16(21)18-15(20)11-19-9-10-22-12-14(19)13-6-4-3-5-7-13/h2-7,14H,1,8-12H2,(H2,17,18,20,21)/t14-/m0/s1. The zero-order valence-corrected chi connectivity index (χ0v) is 13.3. The molecule has 22 heavy (non-hydrogen) atoms. The minimum Gasteiger partial charge on any atom is -0.334 e. The molecule has 1 aliphatic heterocycles. The molecule has 1 atom stereocenters. The van der Waals surface area contributed by atoms with Gasteiger partial charge in [-0.25, -0.2) is 4.79 Å². The zero-order chi connectivity index (χ0) is 15.8. The van der Waals surface area contributed by atoms with E-state index in [2.05, 4.69) is 34.2 Å². The van der Waals surface area contributed by atoms with Crippen molar-refractivity contribution in [1.29, 1.82) is 0 Å². The summed E-state index contributed by atoms with van der Waals surface area (Å²) in [5.74, 6) is 1.67. The van der Waals surface area contributed by atoms with Crippen molar-refractivity contribution in [3.8, 4) is 0 Å². The second-order valence-electron chi connectivity index (χ2n) is 5.02. The number of nitrogens with zero attached hydrogens (tertiary/aromatic N) is 1. The molecule has 2 N–H and O–H groups in total. The summed E-state index contributed by atoms with van der Waals surface area (Å²) in [7, 11) is 0. The average molecular weight is 319 g/mol. The average Bonchev–Trinajstić information content (AvgIpc) is 2.54. The molecule has 0 aliphatic carbocycles. The van der Waals surface area contributed by atoms with Crippen molar-refractivity contribution in [2.75, 3.05) is 31.1 Å². The van der Waals surface area contributed by atoms with Gasteiger partial charge in [0.15, 0.2) is 0 Å². The first-order valence-electron chi connectivity index (χ1n) is 7.26. The topological polar surface area (TPSA) is 61.4 Å². The first-order chi connectivity index (χ1) is 10.7. The second kappa shape index (κ2) is 8.60. The zero-order valence-electron chi connectivity index (χ0n) is 12.5. The van der Waals surface area contributed by atoms with E-state index < -0.39 is 6.03 Å². The Morgan fingerprint density at radius 2 is 2.14 bits per heavy atom. The van der Waals surface area contributed by atoms with Crippen molar-refractivity contribution >= 4 is 23.7 Å². The summed E-state index contributed by atoms with van der Waals surface area (Å²) in [4.78, 5) is 25.6. The largest absolute Gasteiger partial charge is 0.334 e. The normalized spacial score (nSPS) is 18.5. The Labute approximate surface area is 135 Å². The molecule has 1 aliphatic rings. The third kappa shape index (κ3) is 4.89. The molecule has 1 aromatic rings. The Hall–Kier alpha value is -1.79. The van der Waals surface area contributed by atoms with Crippen LogP contribution in [0.2, 0.25) is 0 Å². The minimum atomic E-state index is -0.479. The smallest absolute Gasteiger partial charge is 0.321 e. The number of amides is 3. The monoisotopic (exact) mass is 319 g/mol. The van der Waals surface area contributed by atoms with Gasteiger partial charge in [0.2, 0.25) is 5.91 Å². The van der Waals surface area contributed by atoms with E-state index in [9.17, 15) is 9.59 Å². The fraction of sp³-hybridized carbons (Fsp3) is 0.375. The number of rotatable bonds is 5. The predicted octanol–water partition coefficient (Wildman–Crippen LogP) is 1.79. The molecule has 1 saturated heterocycles.